The van der Waals surface area contributed by atoms with Crippen LogP contribution in [0.5, 0.6) is 0 Å². The van der Waals surface area contributed by atoms with Gasteiger partial charge in [-0.3, -0.25) is 9.58 Å². The summed E-state index contributed by atoms with van der Waals surface area (Å²) in [6.07, 6.45) is 4.01. The quantitative estimate of drug-likeness (QED) is 0.764. The summed E-state index contributed by atoms with van der Waals surface area (Å²) in [6.45, 7) is 10.2. The zero-order valence-corrected chi connectivity index (χ0v) is 15.3. The Kier molecular flexibility index (Phi) is 5.05. The number of alkyl halides is 2. The van der Waals surface area contributed by atoms with Crippen molar-refractivity contribution >= 4 is 7.12 Å². The van der Waals surface area contributed by atoms with E-state index in [1.165, 1.54) is 10.2 Å². The molecule has 0 aromatic carbocycles. The summed E-state index contributed by atoms with van der Waals surface area (Å²) in [5.74, 6) is 0. The molecule has 0 N–H and O–H groups in total. The Morgan fingerprint density at radius 3 is 2.48 bits per heavy atom. The highest BCUT2D eigenvalue weighted by atomic mass is 19.3. The molecule has 1 aromatic heterocycles. The molecule has 1 aromatic rings. The molecule has 0 atom stereocenters. The maximum absolute atomic E-state index is 12.4. The van der Waals surface area contributed by atoms with Gasteiger partial charge in [0.1, 0.15) is 6.54 Å². The molecule has 2 aliphatic rings. The van der Waals surface area contributed by atoms with Crippen LogP contribution in [-0.2, 0) is 22.4 Å². The zero-order chi connectivity index (χ0) is 18.2. The van der Waals surface area contributed by atoms with Gasteiger partial charge in [0.2, 0.25) is 0 Å². The minimum atomic E-state index is -2.38. The molecule has 138 valence electrons. The highest BCUT2D eigenvalue weighted by molar-refractivity contribution is 6.54. The van der Waals surface area contributed by atoms with Gasteiger partial charge in [-0.15, -0.1) is 0 Å². The lowest BCUT2D eigenvalue weighted by molar-refractivity contribution is 0.00578. The van der Waals surface area contributed by atoms with Crippen LogP contribution in [0.15, 0.2) is 23.9 Å². The van der Waals surface area contributed by atoms with E-state index in [1.54, 1.807) is 12.4 Å². The molecule has 1 fully saturated rings. The lowest BCUT2D eigenvalue weighted by Crippen LogP contribution is -2.41. The van der Waals surface area contributed by atoms with Crippen LogP contribution in [-0.4, -0.2) is 52.5 Å². The fraction of sp³-hybridized carbons (Fsp3) is 0.706. The van der Waals surface area contributed by atoms with Gasteiger partial charge < -0.3 is 9.31 Å². The van der Waals surface area contributed by atoms with Crippen molar-refractivity contribution in [2.45, 2.75) is 64.8 Å². The smallest absolute Gasteiger partial charge is 0.400 e. The Hall–Kier alpha value is -1.25. The first-order chi connectivity index (χ1) is 11.7. The molecule has 0 unspecified atom stereocenters. The van der Waals surface area contributed by atoms with Gasteiger partial charge in [-0.05, 0) is 39.6 Å². The van der Waals surface area contributed by atoms with Gasteiger partial charge in [-0.1, -0.05) is 6.08 Å². The van der Waals surface area contributed by atoms with Crippen molar-refractivity contribution in [3.63, 3.8) is 0 Å². The van der Waals surface area contributed by atoms with Crippen molar-refractivity contribution in [1.82, 2.24) is 14.7 Å². The van der Waals surface area contributed by atoms with Gasteiger partial charge in [0.15, 0.2) is 0 Å². The maximum Gasteiger partial charge on any atom is 0.490 e. The number of nitrogens with zero attached hydrogens (tertiary/aromatic N) is 3. The van der Waals surface area contributed by atoms with Crippen LogP contribution in [0.2, 0.25) is 0 Å². The van der Waals surface area contributed by atoms with Crippen LogP contribution in [0.4, 0.5) is 8.78 Å². The van der Waals surface area contributed by atoms with Crippen molar-refractivity contribution in [2.75, 3.05) is 13.1 Å². The van der Waals surface area contributed by atoms with Crippen LogP contribution in [0.3, 0.4) is 0 Å². The minimum Gasteiger partial charge on any atom is -0.400 e. The Bertz CT molecular complexity index is 630. The summed E-state index contributed by atoms with van der Waals surface area (Å²) in [7, 11) is -0.277. The number of hydrogen-bond acceptors (Lipinski definition) is 4. The number of aromatic nitrogens is 2. The molecule has 0 aliphatic carbocycles. The van der Waals surface area contributed by atoms with Crippen molar-refractivity contribution in [2.24, 2.45) is 0 Å². The van der Waals surface area contributed by atoms with Gasteiger partial charge in [0.05, 0.1) is 17.4 Å². The lowest BCUT2D eigenvalue weighted by Gasteiger charge is -2.32. The number of hydrogen-bond donors (Lipinski definition) is 0. The second-order valence-electron chi connectivity index (χ2n) is 7.81. The standard InChI is InChI=1S/C17H26BF2N3O2/c1-16(2)17(3,4)25-18(24-16)14-5-7-22(8-6-14)10-13-9-21-23(11-13)12-15(19)20/h5,9,11,15H,6-8,10,12H2,1-4H3. The second kappa shape index (κ2) is 6.81. The molecule has 3 rings (SSSR count). The third-order valence-electron chi connectivity index (χ3n) is 5.30. The van der Waals surface area contributed by atoms with E-state index in [1.807, 2.05) is 0 Å². The summed E-state index contributed by atoms with van der Waals surface area (Å²) in [5.41, 5.74) is 1.49. The van der Waals surface area contributed by atoms with E-state index in [0.29, 0.717) is 6.54 Å². The molecule has 8 heteroatoms. The van der Waals surface area contributed by atoms with E-state index >= 15 is 0 Å². The Labute approximate surface area is 148 Å². The van der Waals surface area contributed by atoms with Crippen LogP contribution < -0.4 is 0 Å². The number of halogens is 2. The van der Waals surface area contributed by atoms with Crippen molar-refractivity contribution in [3.05, 3.63) is 29.5 Å². The van der Waals surface area contributed by atoms with E-state index in [-0.39, 0.29) is 24.9 Å². The topological polar surface area (TPSA) is 39.5 Å². The summed E-state index contributed by atoms with van der Waals surface area (Å²) in [6, 6.07) is 0. The molecule has 0 spiro atoms. The third-order valence-corrected chi connectivity index (χ3v) is 5.30. The van der Waals surface area contributed by atoms with Crippen molar-refractivity contribution < 1.29 is 18.1 Å². The number of rotatable bonds is 5. The third kappa shape index (κ3) is 4.12. The molecule has 0 amide bonds. The Morgan fingerprint density at radius 1 is 1.24 bits per heavy atom. The molecular formula is C17H26BF2N3O2. The van der Waals surface area contributed by atoms with Crippen LogP contribution in [0.25, 0.3) is 0 Å². The second-order valence-corrected chi connectivity index (χ2v) is 7.81. The SMILES string of the molecule is CC1(C)OB(C2=CCN(Cc3cnn(CC(F)F)c3)CC2)OC1(C)C. The fourth-order valence-corrected chi connectivity index (χ4v) is 3.07. The molecular weight excluding hydrogens is 327 g/mol. The first-order valence-electron chi connectivity index (χ1n) is 8.73. The van der Waals surface area contributed by atoms with E-state index in [2.05, 4.69) is 43.8 Å². The molecule has 3 heterocycles. The summed E-state index contributed by atoms with van der Waals surface area (Å²) < 4.78 is 38.3. The lowest BCUT2D eigenvalue weighted by atomic mass is 9.75. The van der Waals surface area contributed by atoms with Crippen LogP contribution >= 0.6 is 0 Å². The van der Waals surface area contributed by atoms with Gasteiger partial charge in [-0.2, -0.15) is 5.10 Å². The summed E-state index contributed by atoms with van der Waals surface area (Å²) in [5, 5.41) is 3.99. The maximum atomic E-state index is 12.4. The van der Waals surface area contributed by atoms with E-state index in [0.717, 1.165) is 25.1 Å². The van der Waals surface area contributed by atoms with Crippen LogP contribution in [0.1, 0.15) is 39.7 Å². The highest BCUT2D eigenvalue weighted by Gasteiger charge is 2.52. The molecule has 5 nitrogen and oxygen atoms in total. The van der Waals surface area contributed by atoms with E-state index < -0.39 is 6.43 Å². The normalized spacial score (nSPS) is 23.3. The first-order valence-corrected chi connectivity index (χ1v) is 8.73. The van der Waals surface area contributed by atoms with Gasteiger partial charge >= 0.3 is 7.12 Å². The predicted octanol–water partition coefficient (Wildman–Crippen LogP) is 2.91. The predicted molar refractivity (Wildman–Crippen MR) is 92.3 cm³/mol. The average Bonchev–Trinajstić information content (AvgIpc) is 3.01. The molecule has 25 heavy (non-hydrogen) atoms. The van der Waals surface area contributed by atoms with Gasteiger partial charge in [0.25, 0.3) is 6.43 Å². The summed E-state index contributed by atoms with van der Waals surface area (Å²) in [4.78, 5) is 2.26. The summed E-state index contributed by atoms with van der Waals surface area (Å²) >= 11 is 0. The molecule has 0 saturated carbocycles. The Balaban J connectivity index is 1.55. The molecule has 2 aliphatic heterocycles. The van der Waals surface area contributed by atoms with Crippen molar-refractivity contribution in [3.8, 4) is 0 Å². The largest absolute Gasteiger partial charge is 0.490 e. The fourth-order valence-electron chi connectivity index (χ4n) is 3.07. The zero-order valence-electron chi connectivity index (χ0n) is 15.3. The average molecular weight is 353 g/mol. The minimum absolute atomic E-state index is 0.277. The molecule has 1 saturated heterocycles. The van der Waals surface area contributed by atoms with Gasteiger partial charge in [-0.25, -0.2) is 8.78 Å². The van der Waals surface area contributed by atoms with Crippen molar-refractivity contribution in [1.29, 1.82) is 0 Å². The van der Waals surface area contributed by atoms with Gasteiger partial charge in [0, 0.05) is 31.4 Å². The monoisotopic (exact) mass is 353 g/mol. The highest BCUT2D eigenvalue weighted by Crippen LogP contribution is 2.39. The molecule has 0 radical (unpaired) electrons. The van der Waals surface area contributed by atoms with E-state index in [9.17, 15) is 8.78 Å². The van der Waals surface area contributed by atoms with E-state index in [4.69, 9.17) is 9.31 Å². The first kappa shape index (κ1) is 18.5. The van der Waals surface area contributed by atoms with Crippen LogP contribution in [0, 0.1) is 0 Å². The Morgan fingerprint density at radius 2 is 1.92 bits per heavy atom. The molecule has 0 bridgehead atoms.